The monoisotopic (exact) mass is 308 g/mol. The molecule has 110 valence electrons. The quantitative estimate of drug-likeness (QED) is 0.512. The Balaban J connectivity index is 2.37. The van der Waals surface area contributed by atoms with Gasteiger partial charge in [0.15, 0.2) is 0 Å². The summed E-state index contributed by atoms with van der Waals surface area (Å²) in [5.74, 6) is 0.0754. The van der Waals surface area contributed by atoms with Crippen molar-refractivity contribution in [2.75, 3.05) is 7.11 Å². The molecule has 0 aliphatic carbocycles. The number of hydrogen-bond acceptors (Lipinski definition) is 7. The first-order valence-electron chi connectivity index (χ1n) is 6.01. The van der Waals surface area contributed by atoms with E-state index in [4.69, 9.17) is 0 Å². The zero-order valence-corrected chi connectivity index (χ0v) is 12.1. The topological polar surface area (TPSA) is 111 Å². The fraction of sp³-hybridized carbons (Fsp3) is 0.250. The van der Waals surface area contributed by atoms with Gasteiger partial charge in [0.2, 0.25) is 5.16 Å². The number of carbonyl (C=O) groups excluding carboxylic acids is 1. The van der Waals surface area contributed by atoms with Crippen LogP contribution in [-0.4, -0.2) is 33.2 Å². The summed E-state index contributed by atoms with van der Waals surface area (Å²) in [5.41, 5.74) is -0.0662. The molecule has 0 spiro atoms. The highest BCUT2D eigenvalue weighted by atomic mass is 32.2. The lowest BCUT2D eigenvalue weighted by molar-refractivity contribution is -0.384. The number of non-ortho nitro benzene ring substituents is 1. The molecule has 0 fully saturated rings. The van der Waals surface area contributed by atoms with Gasteiger partial charge >= 0.3 is 5.97 Å². The highest BCUT2D eigenvalue weighted by Gasteiger charge is 2.19. The number of hydrogen-bond donors (Lipinski definition) is 1. The van der Waals surface area contributed by atoms with Gasteiger partial charge in [-0.15, -0.1) is 5.10 Å². The van der Waals surface area contributed by atoms with Gasteiger partial charge in [0.25, 0.3) is 5.69 Å². The van der Waals surface area contributed by atoms with Crippen molar-refractivity contribution in [3.05, 3.63) is 39.7 Å². The molecule has 0 saturated heterocycles. The van der Waals surface area contributed by atoms with Crippen LogP contribution in [-0.2, 0) is 11.2 Å². The van der Waals surface area contributed by atoms with E-state index in [1.54, 1.807) is 0 Å². The number of H-pyrrole nitrogens is 1. The molecule has 0 unspecified atom stereocenters. The van der Waals surface area contributed by atoms with Crippen LogP contribution in [0.5, 0.6) is 0 Å². The Kier molecular flexibility index (Phi) is 4.53. The average Bonchev–Trinajstić information content (AvgIpc) is 2.94. The fourth-order valence-corrected chi connectivity index (χ4v) is 2.40. The van der Waals surface area contributed by atoms with Crippen LogP contribution in [0.4, 0.5) is 5.69 Å². The molecule has 0 aliphatic rings. The SMILES string of the molecule is CCc1nc(Sc2ccc([N+](=O)[O-])cc2C(=O)OC)n[nH]1. The number of nitro benzene ring substituents is 1. The molecule has 1 aromatic heterocycles. The molecule has 2 rings (SSSR count). The van der Waals surface area contributed by atoms with Crippen LogP contribution >= 0.6 is 11.8 Å². The normalized spacial score (nSPS) is 10.4. The Morgan fingerprint density at radius 2 is 2.29 bits per heavy atom. The number of benzene rings is 1. The summed E-state index contributed by atoms with van der Waals surface area (Å²) in [6, 6.07) is 3.99. The zero-order valence-electron chi connectivity index (χ0n) is 11.3. The number of carbonyl (C=O) groups is 1. The maximum Gasteiger partial charge on any atom is 0.339 e. The highest BCUT2D eigenvalue weighted by molar-refractivity contribution is 7.99. The van der Waals surface area contributed by atoms with Gasteiger partial charge in [-0.3, -0.25) is 15.2 Å². The van der Waals surface area contributed by atoms with Crippen molar-refractivity contribution in [1.82, 2.24) is 15.2 Å². The predicted octanol–water partition coefficient (Wildman–Crippen LogP) is 2.21. The second kappa shape index (κ2) is 6.35. The first-order valence-corrected chi connectivity index (χ1v) is 6.82. The van der Waals surface area contributed by atoms with E-state index in [1.807, 2.05) is 6.92 Å². The van der Waals surface area contributed by atoms with Crippen LogP contribution in [0.2, 0.25) is 0 Å². The standard InChI is InChI=1S/C12H12N4O4S/c1-3-10-13-12(15-14-10)21-9-5-4-7(16(18)19)6-8(9)11(17)20-2/h4-6H,3H2,1-2H3,(H,13,14,15). The summed E-state index contributed by atoms with van der Waals surface area (Å²) >= 11 is 1.14. The minimum absolute atomic E-state index is 0.111. The van der Waals surface area contributed by atoms with Gasteiger partial charge in [0, 0.05) is 23.4 Å². The smallest absolute Gasteiger partial charge is 0.339 e. The second-order valence-electron chi connectivity index (χ2n) is 3.95. The third-order valence-electron chi connectivity index (χ3n) is 2.63. The molecule has 0 saturated carbocycles. The molecule has 0 radical (unpaired) electrons. The number of rotatable bonds is 5. The Labute approximate surface area is 124 Å². The van der Waals surface area contributed by atoms with E-state index in [-0.39, 0.29) is 11.3 Å². The molecule has 0 aliphatic heterocycles. The molecule has 0 atom stereocenters. The fourth-order valence-electron chi connectivity index (χ4n) is 1.57. The van der Waals surface area contributed by atoms with Gasteiger partial charge < -0.3 is 4.74 Å². The van der Waals surface area contributed by atoms with Crippen LogP contribution in [0.25, 0.3) is 0 Å². The number of nitrogens with one attached hydrogen (secondary N) is 1. The third-order valence-corrected chi connectivity index (χ3v) is 3.57. The summed E-state index contributed by atoms with van der Waals surface area (Å²) in [6.45, 7) is 1.93. The Morgan fingerprint density at radius 1 is 1.52 bits per heavy atom. The van der Waals surface area contributed by atoms with Crippen LogP contribution in [0.15, 0.2) is 28.3 Å². The number of nitrogens with zero attached hydrogens (tertiary/aromatic N) is 3. The Morgan fingerprint density at radius 3 is 2.86 bits per heavy atom. The van der Waals surface area contributed by atoms with Crippen LogP contribution in [0, 0.1) is 10.1 Å². The second-order valence-corrected chi connectivity index (χ2v) is 4.96. The van der Waals surface area contributed by atoms with E-state index in [0.29, 0.717) is 16.5 Å². The van der Waals surface area contributed by atoms with Crippen molar-refractivity contribution in [2.45, 2.75) is 23.4 Å². The zero-order chi connectivity index (χ0) is 15.4. The molecule has 9 heteroatoms. The minimum atomic E-state index is -0.646. The molecule has 1 heterocycles. The van der Waals surface area contributed by atoms with E-state index in [0.717, 1.165) is 17.6 Å². The highest BCUT2D eigenvalue weighted by Crippen LogP contribution is 2.31. The molecular weight excluding hydrogens is 296 g/mol. The summed E-state index contributed by atoms with van der Waals surface area (Å²) in [4.78, 5) is 26.7. The minimum Gasteiger partial charge on any atom is -0.465 e. The number of ether oxygens (including phenoxy) is 1. The number of methoxy groups -OCH3 is 1. The largest absolute Gasteiger partial charge is 0.465 e. The van der Waals surface area contributed by atoms with Crippen LogP contribution in [0.3, 0.4) is 0 Å². The van der Waals surface area contributed by atoms with Crippen molar-refractivity contribution in [1.29, 1.82) is 0 Å². The lowest BCUT2D eigenvalue weighted by Crippen LogP contribution is -2.04. The molecule has 1 aromatic carbocycles. The van der Waals surface area contributed by atoms with Gasteiger partial charge in [0.05, 0.1) is 17.6 Å². The van der Waals surface area contributed by atoms with E-state index in [1.165, 1.54) is 25.3 Å². The molecule has 2 aromatic rings. The molecule has 0 bridgehead atoms. The van der Waals surface area contributed by atoms with Crippen molar-refractivity contribution in [3.8, 4) is 0 Å². The van der Waals surface area contributed by atoms with Crippen molar-refractivity contribution in [3.63, 3.8) is 0 Å². The molecule has 1 N–H and O–H groups in total. The van der Waals surface area contributed by atoms with Gasteiger partial charge in [-0.05, 0) is 17.8 Å². The summed E-state index contributed by atoms with van der Waals surface area (Å²) < 4.78 is 4.65. The van der Waals surface area contributed by atoms with E-state index < -0.39 is 10.9 Å². The van der Waals surface area contributed by atoms with Crippen LogP contribution in [0.1, 0.15) is 23.1 Å². The maximum absolute atomic E-state index is 11.8. The maximum atomic E-state index is 11.8. The molecule has 8 nitrogen and oxygen atoms in total. The lowest BCUT2D eigenvalue weighted by Gasteiger charge is -2.05. The number of aromatic amines is 1. The lowest BCUT2D eigenvalue weighted by atomic mass is 10.2. The van der Waals surface area contributed by atoms with E-state index in [2.05, 4.69) is 19.9 Å². The first-order chi connectivity index (χ1) is 10.0. The summed E-state index contributed by atoms with van der Waals surface area (Å²) in [5, 5.41) is 18.0. The van der Waals surface area contributed by atoms with E-state index in [9.17, 15) is 14.9 Å². The molecular formula is C12H12N4O4S. The van der Waals surface area contributed by atoms with Gasteiger partial charge in [-0.25, -0.2) is 9.78 Å². The summed E-state index contributed by atoms with van der Waals surface area (Å²) in [6.07, 6.45) is 0.706. The molecule has 0 amide bonds. The van der Waals surface area contributed by atoms with Gasteiger partial charge in [-0.1, -0.05) is 6.92 Å². The van der Waals surface area contributed by atoms with Crippen molar-refractivity contribution in [2.24, 2.45) is 0 Å². The van der Waals surface area contributed by atoms with Gasteiger partial charge in [-0.2, -0.15) is 0 Å². The first kappa shape index (κ1) is 15.0. The van der Waals surface area contributed by atoms with Crippen molar-refractivity contribution < 1.29 is 14.5 Å². The number of nitro groups is 1. The average molecular weight is 308 g/mol. The van der Waals surface area contributed by atoms with E-state index >= 15 is 0 Å². The number of aromatic nitrogens is 3. The Hall–Kier alpha value is -2.42. The summed E-state index contributed by atoms with van der Waals surface area (Å²) in [7, 11) is 1.22. The van der Waals surface area contributed by atoms with Crippen LogP contribution < -0.4 is 0 Å². The van der Waals surface area contributed by atoms with Crippen molar-refractivity contribution >= 4 is 23.4 Å². The predicted molar refractivity (Wildman–Crippen MR) is 74.3 cm³/mol. The number of esters is 1. The number of aryl methyl sites for hydroxylation is 1. The third kappa shape index (κ3) is 3.37. The van der Waals surface area contributed by atoms with Gasteiger partial charge in [0.1, 0.15) is 5.82 Å². The molecule has 21 heavy (non-hydrogen) atoms. The Bertz CT molecular complexity index is 686.